The molecule has 0 aliphatic carbocycles. The van der Waals surface area contributed by atoms with Crippen molar-refractivity contribution in [2.75, 3.05) is 11.4 Å². The fourth-order valence-electron chi connectivity index (χ4n) is 2.08. The highest BCUT2D eigenvalue weighted by molar-refractivity contribution is 9.10. The van der Waals surface area contributed by atoms with E-state index in [0.29, 0.717) is 10.9 Å². The monoisotopic (exact) mass is 328 g/mol. The third-order valence-corrected chi connectivity index (χ3v) is 3.99. The molecule has 2 rings (SSSR count). The minimum Gasteiger partial charge on any atom is -0.340 e. The molecule has 1 aromatic carbocycles. The van der Waals surface area contributed by atoms with Gasteiger partial charge < -0.3 is 5.32 Å². The second kappa shape index (κ2) is 4.92. The number of nitrogens with zero attached hydrogens (tertiary/aromatic N) is 1. The quantitative estimate of drug-likeness (QED) is 0.905. The minimum absolute atomic E-state index is 0.113. The molecular formula is C13H14BrFN2O2. The zero-order chi connectivity index (χ0) is 14.2. The number of piperazine rings is 1. The number of rotatable bonds is 2. The molecule has 2 amide bonds. The van der Waals surface area contributed by atoms with Crippen LogP contribution in [-0.2, 0) is 9.59 Å². The molecule has 0 aromatic heterocycles. The Kier molecular flexibility index (Phi) is 3.62. The van der Waals surface area contributed by atoms with Crippen LogP contribution in [0.5, 0.6) is 0 Å². The second-order valence-corrected chi connectivity index (χ2v) is 5.55. The molecule has 0 saturated carbocycles. The first kappa shape index (κ1) is 14.0. The zero-order valence-corrected chi connectivity index (χ0v) is 12.3. The summed E-state index contributed by atoms with van der Waals surface area (Å²) in [5, 5.41) is 2.66. The van der Waals surface area contributed by atoms with Crippen LogP contribution in [0.1, 0.15) is 20.3 Å². The number of amides is 2. The SMILES string of the molecule is CCC1(C)NC(=O)CN(c2c(F)cccc2Br)C1=O. The number of hydrogen-bond donors (Lipinski definition) is 1. The molecule has 102 valence electrons. The van der Waals surface area contributed by atoms with E-state index in [1.807, 2.05) is 0 Å². The van der Waals surface area contributed by atoms with Gasteiger partial charge in [0, 0.05) is 4.47 Å². The topological polar surface area (TPSA) is 49.4 Å². The van der Waals surface area contributed by atoms with Gasteiger partial charge in [-0.25, -0.2) is 4.39 Å². The van der Waals surface area contributed by atoms with Crippen LogP contribution in [0, 0.1) is 5.82 Å². The van der Waals surface area contributed by atoms with E-state index < -0.39 is 11.4 Å². The van der Waals surface area contributed by atoms with Gasteiger partial charge in [-0.1, -0.05) is 13.0 Å². The first-order valence-electron chi connectivity index (χ1n) is 5.96. The summed E-state index contributed by atoms with van der Waals surface area (Å²) in [6.07, 6.45) is 0.445. The molecule has 1 unspecified atom stereocenters. The normalized spacial score (nSPS) is 23.5. The largest absolute Gasteiger partial charge is 0.340 e. The third kappa shape index (κ3) is 2.36. The zero-order valence-electron chi connectivity index (χ0n) is 10.7. The fourth-order valence-corrected chi connectivity index (χ4v) is 2.64. The minimum atomic E-state index is -0.989. The van der Waals surface area contributed by atoms with Crippen LogP contribution in [0.3, 0.4) is 0 Å². The van der Waals surface area contributed by atoms with Gasteiger partial charge in [-0.3, -0.25) is 14.5 Å². The molecule has 0 radical (unpaired) electrons. The van der Waals surface area contributed by atoms with Crippen molar-refractivity contribution in [2.45, 2.75) is 25.8 Å². The van der Waals surface area contributed by atoms with Crippen LogP contribution in [-0.4, -0.2) is 23.9 Å². The van der Waals surface area contributed by atoms with Gasteiger partial charge in [-0.2, -0.15) is 0 Å². The molecule has 1 heterocycles. The number of anilines is 1. The van der Waals surface area contributed by atoms with Gasteiger partial charge in [0.15, 0.2) is 0 Å². The molecule has 0 spiro atoms. The van der Waals surface area contributed by atoms with E-state index in [1.54, 1.807) is 19.9 Å². The van der Waals surface area contributed by atoms with Gasteiger partial charge in [-0.15, -0.1) is 0 Å². The van der Waals surface area contributed by atoms with Crippen molar-refractivity contribution in [3.63, 3.8) is 0 Å². The lowest BCUT2D eigenvalue weighted by Crippen LogP contribution is -2.65. The van der Waals surface area contributed by atoms with E-state index in [2.05, 4.69) is 21.2 Å². The van der Waals surface area contributed by atoms with Crippen molar-refractivity contribution in [2.24, 2.45) is 0 Å². The summed E-state index contributed by atoms with van der Waals surface area (Å²) in [6.45, 7) is 3.28. The van der Waals surface area contributed by atoms with Gasteiger partial charge in [0.05, 0.1) is 5.69 Å². The number of para-hydroxylation sites is 1. The summed E-state index contributed by atoms with van der Waals surface area (Å²) in [6, 6.07) is 4.45. The van der Waals surface area contributed by atoms with Crippen molar-refractivity contribution in [3.8, 4) is 0 Å². The molecule has 0 bridgehead atoms. The molecular weight excluding hydrogens is 315 g/mol. The maximum absolute atomic E-state index is 13.9. The molecule has 4 nitrogen and oxygen atoms in total. The van der Waals surface area contributed by atoms with E-state index in [4.69, 9.17) is 0 Å². The standard InChI is InChI=1S/C13H14BrFN2O2/c1-3-13(2)12(19)17(7-10(18)16-13)11-8(14)5-4-6-9(11)15/h4-6H,3,7H2,1-2H3,(H,16,18). The average molecular weight is 329 g/mol. The summed E-state index contributed by atoms with van der Waals surface area (Å²) >= 11 is 3.22. The molecule has 1 aromatic rings. The van der Waals surface area contributed by atoms with Crippen LogP contribution in [0.25, 0.3) is 0 Å². The number of carbonyl (C=O) groups excluding carboxylic acids is 2. The third-order valence-electron chi connectivity index (χ3n) is 3.35. The first-order valence-corrected chi connectivity index (χ1v) is 6.75. The summed E-state index contributed by atoms with van der Waals surface area (Å²) in [7, 11) is 0. The Morgan fingerprint density at radius 2 is 2.16 bits per heavy atom. The Morgan fingerprint density at radius 1 is 1.47 bits per heavy atom. The Balaban J connectivity index is 2.49. The predicted molar refractivity (Wildman–Crippen MR) is 73.3 cm³/mol. The smallest absolute Gasteiger partial charge is 0.253 e. The predicted octanol–water partition coefficient (Wildman–Crippen LogP) is 2.22. The van der Waals surface area contributed by atoms with Gasteiger partial charge in [0.2, 0.25) is 5.91 Å². The molecule has 1 saturated heterocycles. The van der Waals surface area contributed by atoms with E-state index in [-0.39, 0.29) is 24.0 Å². The number of carbonyl (C=O) groups is 2. The molecule has 1 fully saturated rings. The first-order chi connectivity index (χ1) is 8.89. The van der Waals surface area contributed by atoms with Crippen molar-refractivity contribution in [1.82, 2.24) is 5.32 Å². The van der Waals surface area contributed by atoms with Gasteiger partial charge in [0.25, 0.3) is 5.91 Å². The van der Waals surface area contributed by atoms with Crippen molar-refractivity contribution < 1.29 is 14.0 Å². The van der Waals surface area contributed by atoms with Crippen LogP contribution in [0.15, 0.2) is 22.7 Å². The van der Waals surface area contributed by atoms with Crippen molar-refractivity contribution in [3.05, 3.63) is 28.5 Å². The van der Waals surface area contributed by atoms with Gasteiger partial charge in [-0.05, 0) is 41.4 Å². The van der Waals surface area contributed by atoms with Gasteiger partial charge in [0.1, 0.15) is 17.9 Å². The molecule has 19 heavy (non-hydrogen) atoms. The summed E-state index contributed by atoms with van der Waals surface area (Å²) < 4.78 is 14.4. The molecule has 6 heteroatoms. The fraction of sp³-hybridized carbons (Fsp3) is 0.385. The number of hydrogen-bond acceptors (Lipinski definition) is 2. The van der Waals surface area contributed by atoms with Crippen molar-refractivity contribution >= 4 is 33.4 Å². The molecule has 1 atom stereocenters. The van der Waals surface area contributed by atoms with E-state index in [0.717, 1.165) is 0 Å². The highest BCUT2D eigenvalue weighted by Gasteiger charge is 2.43. The van der Waals surface area contributed by atoms with Gasteiger partial charge >= 0.3 is 0 Å². The Morgan fingerprint density at radius 3 is 2.74 bits per heavy atom. The lowest BCUT2D eigenvalue weighted by Gasteiger charge is -2.39. The summed E-state index contributed by atoms with van der Waals surface area (Å²) in [4.78, 5) is 25.4. The number of benzene rings is 1. The summed E-state index contributed by atoms with van der Waals surface area (Å²) in [5.74, 6) is -1.13. The molecule has 1 aliphatic rings. The molecule has 1 aliphatic heterocycles. The lowest BCUT2D eigenvalue weighted by molar-refractivity contribution is -0.135. The maximum Gasteiger partial charge on any atom is 0.253 e. The van der Waals surface area contributed by atoms with Crippen LogP contribution in [0.2, 0.25) is 0 Å². The maximum atomic E-state index is 13.9. The number of halogens is 2. The van der Waals surface area contributed by atoms with E-state index in [1.165, 1.54) is 17.0 Å². The van der Waals surface area contributed by atoms with Crippen LogP contribution in [0.4, 0.5) is 10.1 Å². The van der Waals surface area contributed by atoms with Crippen LogP contribution < -0.4 is 10.2 Å². The Labute approximate surface area is 119 Å². The molecule has 1 N–H and O–H groups in total. The van der Waals surface area contributed by atoms with E-state index >= 15 is 0 Å². The number of nitrogens with one attached hydrogen (secondary N) is 1. The van der Waals surface area contributed by atoms with Crippen molar-refractivity contribution in [1.29, 1.82) is 0 Å². The Hall–Kier alpha value is -1.43. The summed E-state index contributed by atoms with van der Waals surface area (Å²) in [5.41, 5.74) is -0.876. The van der Waals surface area contributed by atoms with E-state index in [9.17, 15) is 14.0 Å². The average Bonchev–Trinajstić information content (AvgIpc) is 2.35. The Bertz CT molecular complexity index is 529. The van der Waals surface area contributed by atoms with Crippen LogP contribution >= 0.6 is 15.9 Å². The highest BCUT2D eigenvalue weighted by atomic mass is 79.9. The second-order valence-electron chi connectivity index (χ2n) is 4.70. The highest BCUT2D eigenvalue weighted by Crippen LogP contribution is 2.32. The lowest BCUT2D eigenvalue weighted by atomic mass is 9.94.